The van der Waals surface area contributed by atoms with Gasteiger partial charge in [-0.1, -0.05) is 70.7 Å². The first-order chi connectivity index (χ1) is 15.6. The molecule has 2 aromatic rings. The fraction of sp³-hybridized carbons (Fsp3) is 0.273. The highest BCUT2D eigenvalue weighted by atomic mass is 35.5. The van der Waals surface area contributed by atoms with E-state index >= 15 is 0 Å². The van der Waals surface area contributed by atoms with Gasteiger partial charge in [0.1, 0.15) is 0 Å². The van der Waals surface area contributed by atoms with Crippen LogP contribution in [0.2, 0.25) is 20.1 Å². The molecular formula is C22H22Cl4N6. The summed E-state index contributed by atoms with van der Waals surface area (Å²) in [5.74, 6) is 1.52. The Balaban J connectivity index is 1.28. The van der Waals surface area contributed by atoms with Gasteiger partial charge in [-0.05, 0) is 24.3 Å². The first-order valence-electron chi connectivity index (χ1n) is 10.2. The van der Waals surface area contributed by atoms with Crippen molar-refractivity contribution in [2.75, 3.05) is 49.1 Å². The fourth-order valence-electron chi connectivity index (χ4n) is 3.59. The van der Waals surface area contributed by atoms with Crippen LogP contribution in [0.25, 0.3) is 0 Å². The Bertz CT molecular complexity index is 944. The minimum atomic E-state index is 0.606. The summed E-state index contributed by atoms with van der Waals surface area (Å²) in [7, 11) is 0. The Labute approximate surface area is 207 Å². The summed E-state index contributed by atoms with van der Waals surface area (Å²) in [6.45, 7) is 4.08. The van der Waals surface area contributed by atoms with Crippen LogP contribution in [0.15, 0.2) is 58.5 Å². The van der Waals surface area contributed by atoms with Gasteiger partial charge in [-0.2, -0.15) is 0 Å². The highest BCUT2D eigenvalue weighted by Gasteiger charge is 2.23. The Morgan fingerprint density at radius 2 is 1.06 bits per heavy atom. The van der Waals surface area contributed by atoms with Gasteiger partial charge in [-0.3, -0.25) is 9.98 Å². The third-order valence-electron chi connectivity index (χ3n) is 5.02. The molecule has 0 bridgehead atoms. The van der Waals surface area contributed by atoms with Crippen molar-refractivity contribution in [1.29, 1.82) is 0 Å². The van der Waals surface area contributed by atoms with Gasteiger partial charge >= 0.3 is 0 Å². The van der Waals surface area contributed by atoms with Crippen molar-refractivity contribution in [3.8, 4) is 0 Å². The molecule has 0 radical (unpaired) electrons. The molecule has 2 aliphatic heterocycles. The minimum Gasteiger partial charge on any atom is -0.352 e. The van der Waals surface area contributed by atoms with E-state index in [0.717, 1.165) is 36.4 Å². The van der Waals surface area contributed by atoms with Crippen LogP contribution in [0, 0.1) is 0 Å². The molecule has 2 aromatic carbocycles. The second kappa shape index (κ2) is 10.7. The van der Waals surface area contributed by atoms with E-state index in [1.165, 1.54) is 0 Å². The van der Waals surface area contributed by atoms with Gasteiger partial charge in [0.2, 0.25) is 0 Å². The molecule has 0 saturated carbocycles. The number of aliphatic imine (C=N–C) groups is 2. The Morgan fingerprint density at radius 1 is 0.688 bits per heavy atom. The molecule has 10 heteroatoms. The van der Waals surface area contributed by atoms with E-state index in [9.17, 15) is 0 Å². The van der Waals surface area contributed by atoms with Crippen molar-refractivity contribution in [2.45, 2.75) is 0 Å². The molecule has 0 unspecified atom stereocenters. The third kappa shape index (κ3) is 5.09. The predicted molar refractivity (Wildman–Crippen MR) is 137 cm³/mol. The maximum Gasteiger partial charge on any atom is 0.198 e. The molecule has 0 aliphatic carbocycles. The molecular weight excluding hydrogens is 490 g/mol. The van der Waals surface area contributed by atoms with Crippen LogP contribution in [-0.4, -0.2) is 51.2 Å². The van der Waals surface area contributed by atoms with E-state index < -0.39 is 0 Å². The maximum atomic E-state index is 6.35. The van der Waals surface area contributed by atoms with E-state index in [4.69, 9.17) is 46.4 Å². The molecule has 0 atom stereocenters. The first-order valence-corrected chi connectivity index (χ1v) is 11.7. The Morgan fingerprint density at radius 3 is 1.44 bits per heavy atom. The van der Waals surface area contributed by atoms with Crippen molar-refractivity contribution in [2.24, 2.45) is 9.98 Å². The van der Waals surface area contributed by atoms with Crippen LogP contribution < -0.4 is 20.4 Å². The number of rotatable bonds is 6. The number of nitrogens with one attached hydrogen (secondary N) is 2. The molecule has 0 fully saturated rings. The molecule has 168 valence electrons. The summed E-state index contributed by atoms with van der Waals surface area (Å²) in [5.41, 5.74) is 1.56. The number of anilines is 2. The predicted octanol–water partition coefficient (Wildman–Crippen LogP) is 5.09. The topological polar surface area (TPSA) is 55.3 Å². The van der Waals surface area contributed by atoms with Crippen LogP contribution in [0.4, 0.5) is 11.4 Å². The zero-order chi connectivity index (χ0) is 22.5. The van der Waals surface area contributed by atoms with Crippen LogP contribution in [0.5, 0.6) is 0 Å². The van der Waals surface area contributed by atoms with Crippen molar-refractivity contribution in [1.82, 2.24) is 10.6 Å². The summed E-state index contributed by atoms with van der Waals surface area (Å²) >= 11 is 25.4. The quantitative estimate of drug-likeness (QED) is 0.530. The van der Waals surface area contributed by atoms with Gasteiger partial charge in [0.05, 0.1) is 44.6 Å². The molecule has 0 amide bonds. The Kier molecular flexibility index (Phi) is 7.68. The average Bonchev–Trinajstić information content (AvgIpc) is 3.40. The van der Waals surface area contributed by atoms with E-state index in [1.54, 1.807) is 0 Å². The summed E-state index contributed by atoms with van der Waals surface area (Å²) < 4.78 is 0. The zero-order valence-corrected chi connectivity index (χ0v) is 20.2. The second-order valence-corrected chi connectivity index (χ2v) is 8.72. The lowest BCUT2D eigenvalue weighted by atomic mass is 10.3. The molecule has 32 heavy (non-hydrogen) atoms. The van der Waals surface area contributed by atoms with E-state index in [0.29, 0.717) is 46.3 Å². The second-order valence-electron chi connectivity index (χ2n) is 7.09. The van der Waals surface area contributed by atoms with Gasteiger partial charge < -0.3 is 20.4 Å². The Hall–Kier alpha value is -2.12. The van der Waals surface area contributed by atoms with Crippen molar-refractivity contribution >= 4 is 69.7 Å². The maximum absolute atomic E-state index is 6.35. The van der Waals surface area contributed by atoms with Crippen molar-refractivity contribution in [3.05, 3.63) is 68.6 Å². The SMILES string of the molecule is Clc1cccc(Cl)c1N1CCN=C1NC/C=C/CNC1=NCCN1c1c(Cl)cccc1Cl. The van der Waals surface area contributed by atoms with Crippen LogP contribution in [-0.2, 0) is 0 Å². The van der Waals surface area contributed by atoms with Crippen LogP contribution in [0.1, 0.15) is 0 Å². The van der Waals surface area contributed by atoms with E-state index in [1.807, 2.05) is 58.4 Å². The summed E-state index contributed by atoms with van der Waals surface area (Å²) in [6, 6.07) is 11.0. The first kappa shape index (κ1) is 23.1. The molecule has 2 heterocycles. The van der Waals surface area contributed by atoms with Crippen LogP contribution in [0.3, 0.4) is 0 Å². The average molecular weight is 512 g/mol. The van der Waals surface area contributed by atoms with Gasteiger partial charge in [-0.25, -0.2) is 0 Å². The van der Waals surface area contributed by atoms with Crippen LogP contribution >= 0.6 is 46.4 Å². The van der Waals surface area contributed by atoms with Gasteiger partial charge in [0.15, 0.2) is 11.9 Å². The minimum absolute atomic E-state index is 0.606. The molecule has 6 nitrogen and oxygen atoms in total. The van der Waals surface area contributed by atoms with Crippen molar-refractivity contribution < 1.29 is 0 Å². The van der Waals surface area contributed by atoms with Crippen molar-refractivity contribution in [3.63, 3.8) is 0 Å². The molecule has 0 aromatic heterocycles. The number of benzene rings is 2. The zero-order valence-electron chi connectivity index (χ0n) is 17.2. The standard InChI is InChI=1S/C22H22Cl4N6/c23-15-5-3-6-16(24)19(15)31-13-11-29-21(31)27-9-1-2-10-28-22-30-12-14-32(22)20-17(25)7-4-8-18(20)26/h1-8H,9-14H2,(H,27,29)(H,28,30)/b2-1+. The number of halogens is 4. The number of hydrogen-bond acceptors (Lipinski definition) is 6. The smallest absolute Gasteiger partial charge is 0.198 e. The highest BCUT2D eigenvalue weighted by Crippen LogP contribution is 2.35. The highest BCUT2D eigenvalue weighted by molar-refractivity contribution is 6.40. The molecule has 0 spiro atoms. The largest absolute Gasteiger partial charge is 0.352 e. The summed E-state index contributed by atoms with van der Waals surface area (Å²) in [4.78, 5) is 13.1. The number of nitrogens with zero attached hydrogens (tertiary/aromatic N) is 4. The van der Waals surface area contributed by atoms with E-state index in [2.05, 4.69) is 20.6 Å². The van der Waals surface area contributed by atoms with Gasteiger partial charge in [-0.15, -0.1) is 0 Å². The molecule has 0 saturated heterocycles. The lowest BCUT2D eigenvalue weighted by Crippen LogP contribution is -2.39. The molecule has 4 rings (SSSR count). The summed E-state index contributed by atoms with van der Waals surface area (Å²) in [6.07, 6.45) is 4.06. The van der Waals surface area contributed by atoms with Gasteiger partial charge in [0.25, 0.3) is 0 Å². The lowest BCUT2D eigenvalue weighted by Gasteiger charge is -2.23. The molecule has 2 N–H and O–H groups in total. The van der Waals surface area contributed by atoms with Gasteiger partial charge in [0, 0.05) is 26.2 Å². The number of para-hydroxylation sites is 2. The monoisotopic (exact) mass is 510 g/mol. The molecule has 2 aliphatic rings. The fourth-order valence-corrected chi connectivity index (χ4v) is 4.80. The number of guanidine groups is 2. The lowest BCUT2D eigenvalue weighted by molar-refractivity contribution is 0.965. The summed E-state index contributed by atoms with van der Waals surface area (Å²) in [5, 5.41) is 9.09. The van der Waals surface area contributed by atoms with E-state index in [-0.39, 0.29) is 0 Å². The normalized spacial score (nSPS) is 16.0. The number of hydrogen-bond donors (Lipinski definition) is 2. The third-order valence-corrected chi connectivity index (χ3v) is 6.24.